The van der Waals surface area contributed by atoms with Gasteiger partial charge in [0.1, 0.15) is 77.7 Å². The molecule has 149 heavy (non-hydrogen) atoms. The van der Waals surface area contributed by atoms with Crippen molar-refractivity contribution < 1.29 is 99.2 Å². The van der Waals surface area contributed by atoms with Gasteiger partial charge in [0.15, 0.2) is 5.78 Å². The second-order valence-corrected chi connectivity index (χ2v) is 35.4. The molecule has 6 unspecified atom stereocenters. The number of benzene rings is 12. The van der Waals surface area contributed by atoms with Gasteiger partial charge in [-0.2, -0.15) is 9.90 Å². The van der Waals surface area contributed by atoms with E-state index in [0.717, 1.165) is 141 Å². The van der Waals surface area contributed by atoms with Gasteiger partial charge in [0.05, 0.1) is 67.1 Å². The number of cyclic esters (lactones) is 2. The molecule has 0 aliphatic carbocycles. The van der Waals surface area contributed by atoms with E-state index in [1.165, 1.54) is 102 Å². The van der Waals surface area contributed by atoms with Gasteiger partial charge in [-0.15, -0.1) is 0 Å². The highest BCUT2D eigenvalue weighted by Gasteiger charge is 2.36. The number of fused-ring (bicyclic) bond motifs is 3. The molecule has 3 radical (unpaired) electrons. The van der Waals surface area contributed by atoms with E-state index in [9.17, 15) is 50.7 Å². The Kier molecular flexibility index (Phi) is 53.9. The molecule has 23 nitrogen and oxygen atoms in total. The number of nitrogen functional groups attached to an aromatic ring is 3. The van der Waals surface area contributed by atoms with Gasteiger partial charge in [0.25, 0.3) is 11.5 Å². The first-order chi connectivity index (χ1) is 69.4. The average molecular weight is 2080 g/mol. The Hall–Kier alpha value is -13.9. The summed E-state index contributed by atoms with van der Waals surface area (Å²) in [6, 6.07) is 62.9. The van der Waals surface area contributed by atoms with Crippen molar-refractivity contribution in [3.05, 3.63) is 364 Å². The molecule has 30 heteroatoms. The van der Waals surface area contributed by atoms with Crippen LogP contribution in [0.15, 0.2) is 229 Å². The number of methoxy groups -OCH3 is 1. The van der Waals surface area contributed by atoms with Crippen LogP contribution < -0.4 is 52.8 Å². The van der Waals surface area contributed by atoms with E-state index >= 15 is 0 Å². The number of anilines is 4. The number of rotatable bonds is 26. The molecule has 6 atom stereocenters. The summed E-state index contributed by atoms with van der Waals surface area (Å²) in [5.74, 6) is 0.649. The highest BCUT2D eigenvalue weighted by molar-refractivity contribution is 6.92. The van der Waals surface area contributed by atoms with Gasteiger partial charge in [-0.25, -0.2) is 36.5 Å². The molecule has 13 N–H and O–H groups in total. The summed E-state index contributed by atoms with van der Waals surface area (Å²) in [5, 5.41) is 35.7. The number of aromatic nitrogens is 2. The lowest BCUT2D eigenvalue weighted by Crippen LogP contribution is -2.40. The summed E-state index contributed by atoms with van der Waals surface area (Å²) >= 11 is 0. The Balaban J connectivity index is 0.000000907. The molecule has 1 fully saturated rings. The third kappa shape index (κ3) is 36.2. The molecule has 1 amide bonds. The lowest BCUT2D eigenvalue weighted by Gasteiger charge is -2.37. The minimum Gasteiger partial charge on any atom is -0.497 e. The van der Waals surface area contributed by atoms with Gasteiger partial charge in [-0.05, 0) is 334 Å². The van der Waals surface area contributed by atoms with Crippen LogP contribution >= 0.6 is 9.90 Å². The number of carbonyl (C=O) groups is 5. The number of aliphatic hydroxyl groups excluding tert-OH is 3. The molecule has 0 spiro atoms. The number of ether oxygens (including phenoxy) is 6. The summed E-state index contributed by atoms with van der Waals surface area (Å²) in [6.45, 7) is 31.8. The molecular weight excluding hydrogens is 1920 g/mol. The first-order valence-electron chi connectivity index (χ1n) is 48.9. The maximum atomic E-state index is 14.1. The number of nitrogens with two attached hydrogens (primary N) is 3. The van der Waals surface area contributed by atoms with Gasteiger partial charge in [0.2, 0.25) is 0 Å². The van der Waals surface area contributed by atoms with Crippen LogP contribution in [0.1, 0.15) is 270 Å². The summed E-state index contributed by atoms with van der Waals surface area (Å²) < 4.78 is 109. The number of aliphatic hydroxyl groups is 3. The van der Waals surface area contributed by atoms with Crippen LogP contribution in [0, 0.1) is 70.6 Å². The molecule has 0 saturated carbocycles. The standard InChI is InChI=1S/C29H32FNO3.C28H29FN2O3.C18H20FNO.C11H16O3.C10H15N.C9H5FO3.C7H6FNO2.C4H8O.3CH4.B.H3N.H3P.2H2/c1-5-18(2)21-6-9-25(10-7-21)31-27(17-22-16-24(30)8-11-26(22)29(31)33)23-14-19(3)28(20(4)15-23)34-13-12-32;1-5-17(2)20-6-9-23(10-7-20)31-27(30-25-16-22(29)8-11-24(25)28(31)33)21-14-18(3)26(19(4)15-21)34-13-12-32;1-3-12(2)14-6-4-13(5-7-14)10-18(21)16-9-8-15(19)11-17(16)20;1-8-6-10(13-3)7-9(2)11(8)14-5-4-12;1-3-8(2)9-4-6-10(11)7-5-9;10-6-1-2-7-5(3-6)4-8(11)13-9(7)12;8-4-1-2-5(7(10)11)6(9)3-4;1-2-4-5-3-1;;;;;;;;/h6-11,14-16,18,27,32H,5,12-13,17H2,1-4H3;6-11,14-17,32H,5,12-13H2,1-4H3;4-9,11-12H,3,10,20H2,1-2H3;6-7,12H,4-5H2,1-3H3;4-8H,3,11H2,1-2H3;1-3H,4H2;1-3H,9H2,(H,10,11);1-4H2;3*1H4;;2*1H3;2*1H/i;;;;;;;;;;;;;;1+1D;1+1. The fourth-order valence-corrected chi connectivity index (χ4v) is 16.3. The van der Waals surface area contributed by atoms with Gasteiger partial charge in [-0.1, -0.05) is 150 Å². The Bertz CT molecular complexity index is 6520. The number of esters is 2. The summed E-state index contributed by atoms with van der Waals surface area (Å²) in [5.41, 5.74) is 34.6. The number of Topliss-reactive ketones (excluding diaryl/α,β-unsaturated/α-hetero) is 1. The van der Waals surface area contributed by atoms with Crippen LogP contribution in [0.25, 0.3) is 28.0 Å². The molecule has 0 bridgehead atoms. The van der Waals surface area contributed by atoms with E-state index < -0.39 is 41.2 Å². The number of carboxylic acid groups (broad SMARTS) is 1. The van der Waals surface area contributed by atoms with Crippen molar-refractivity contribution in [3.8, 4) is 40.1 Å². The second-order valence-electron chi connectivity index (χ2n) is 35.4. The van der Waals surface area contributed by atoms with Crippen LogP contribution in [0.4, 0.5) is 44.7 Å². The maximum absolute atomic E-state index is 14.1. The quantitative estimate of drug-likeness (QED) is 0.00475. The lowest BCUT2D eigenvalue weighted by molar-refractivity contribution is -0.137. The minimum atomic E-state index is -1.15. The molecule has 3 aliphatic rings. The minimum absolute atomic E-state index is 0. The van der Waals surface area contributed by atoms with E-state index in [2.05, 4.69) is 96.5 Å². The van der Waals surface area contributed by atoms with Crippen LogP contribution in [0.5, 0.6) is 23.0 Å². The number of nitrogens with zero attached hydrogens (tertiary/aromatic N) is 3. The fraction of sp³-hybridized carbons (Fsp3) is 0.336. The zero-order valence-corrected chi connectivity index (χ0v) is 87.3. The normalized spacial score (nSPS) is 13.0. The smallest absolute Gasteiger partial charge is 0.346 e. The van der Waals surface area contributed by atoms with E-state index in [1.807, 2.05) is 144 Å². The van der Waals surface area contributed by atoms with Crippen molar-refractivity contribution in [2.24, 2.45) is 0 Å². The van der Waals surface area contributed by atoms with Crippen LogP contribution in [-0.2, 0) is 33.5 Å². The van der Waals surface area contributed by atoms with Crippen molar-refractivity contribution in [1.82, 2.24) is 15.7 Å². The number of aryl methyl sites for hydroxylation is 6. The first kappa shape index (κ1) is 127. The molecule has 803 valence electrons. The monoisotopic (exact) mass is 2080 g/mol. The SMILES string of the molecule is C.C.C.C1CCOC1.CCC(C)c1ccc(-n2c(-c3cc(C)c(OCCO)c(C)c3)nc3cc(F)ccc3c2=O)cc1.CCC(C)c1ccc(CC(=O)c2ccc(F)cc2N)cc1.CCC(C)c1ccc(N)cc1.CCC(C)c1ccc(N2C(=O)c3ccc(F)cc3CC2c2cc(C)c(OCCO)c(C)c2)cc1.COc1cc(C)c(OCCO)c(C)c1.N.Nc1cc(F)ccc1C(=O)O.O=C1Cc2cc(F)ccc2C(=O)O1.P.[2HH].[2H][2H].[B]. The Morgan fingerprint density at radius 1 is 0.497 bits per heavy atom. The molecular formula is C119H153BF5N7O16P. The number of hydrogen-bond donors (Lipinski definition) is 8. The second kappa shape index (κ2) is 63.0. The molecule has 12 aromatic carbocycles. The number of amides is 1. The fourth-order valence-electron chi connectivity index (χ4n) is 16.3. The van der Waals surface area contributed by atoms with E-state index in [1.54, 1.807) is 17.7 Å². The maximum Gasteiger partial charge on any atom is 0.346 e. The third-order valence-electron chi connectivity index (χ3n) is 24.9. The lowest BCUT2D eigenvalue weighted by atomic mass is 9.87. The molecule has 4 heterocycles. The predicted molar refractivity (Wildman–Crippen MR) is 600 cm³/mol. The number of halogens is 5. The van der Waals surface area contributed by atoms with E-state index in [4.69, 9.17) is 69.3 Å². The summed E-state index contributed by atoms with van der Waals surface area (Å²) in [7, 11) is 1.64. The average Bonchev–Trinajstić information content (AvgIpc) is 0.857. The van der Waals surface area contributed by atoms with Crippen molar-refractivity contribution in [3.63, 3.8) is 0 Å². The van der Waals surface area contributed by atoms with Crippen LogP contribution in [0.3, 0.4) is 0 Å². The third-order valence-corrected chi connectivity index (χ3v) is 24.9. The van der Waals surface area contributed by atoms with Crippen molar-refractivity contribution >= 4 is 81.6 Å². The Morgan fingerprint density at radius 2 is 0.886 bits per heavy atom. The number of carboxylic acids is 1. The van der Waals surface area contributed by atoms with E-state index in [0.29, 0.717) is 81.6 Å². The largest absolute Gasteiger partial charge is 0.497 e. The van der Waals surface area contributed by atoms with E-state index in [-0.39, 0.29) is 146 Å². The highest BCUT2D eigenvalue weighted by Crippen LogP contribution is 2.42. The molecule has 1 aromatic heterocycles. The number of aromatic carboxylic acids is 1. The summed E-state index contributed by atoms with van der Waals surface area (Å²) in [4.78, 5) is 78.3. The van der Waals surface area contributed by atoms with Gasteiger partial charge in [-0.3, -0.25) is 23.7 Å². The molecule has 3 aliphatic heterocycles. The zero-order chi connectivity index (χ0) is 106. The van der Waals surface area contributed by atoms with Gasteiger partial charge in [0, 0.05) is 78.0 Å². The van der Waals surface area contributed by atoms with Crippen LogP contribution in [0.2, 0.25) is 0 Å². The van der Waals surface area contributed by atoms with Crippen LogP contribution in [-0.4, -0.2) is 128 Å². The van der Waals surface area contributed by atoms with Crippen molar-refractivity contribution in [1.29, 1.82) is 0 Å². The first-order valence-corrected chi connectivity index (χ1v) is 47.9. The number of ketones is 1. The van der Waals surface area contributed by atoms with Crippen molar-refractivity contribution in [2.75, 3.05) is 82.1 Å². The van der Waals surface area contributed by atoms with Gasteiger partial charge >= 0.3 is 17.9 Å². The molecule has 16 rings (SSSR count). The topological polar surface area (TPSA) is 373 Å². The number of hydrogen-bond acceptors (Lipinski definition) is 20. The predicted octanol–water partition coefficient (Wildman–Crippen LogP) is 26.0. The summed E-state index contributed by atoms with van der Waals surface area (Å²) in [6.07, 6.45) is 7.65. The van der Waals surface area contributed by atoms with Gasteiger partial charge < -0.3 is 77.1 Å². The molecule has 1 saturated heterocycles. The Labute approximate surface area is 884 Å². The molecule has 13 aromatic rings. The Morgan fingerprint density at radius 3 is 1.31 bits per heavy atom. The highest BCUT2D eigenvalue weighted by atomic mass is 31.0. The van der Waals surface area contributed by atoms with Crippen molar-refractivity contribution in [2.45, 2.75) is 207 Å². The number of carbonyl (C=O) groups excluding carboxylic acids is 4. The zero-order valence-electron chi connectivity index (χ0n) is 87.9.